The van der Waals surface area contributed by atoms with E-state index in [0.29, 0.717) is 10.7 Å². The fourth-order valence-electron chi connectivity index (χ4n) is 2.06. The highest BCUT2D eigenvalue weighted by Gasteiger charge is 2.16. The van der Waals surface area contributed by atoms with E-state index in [0.717, 1.165) is 26.4 Å². The average Bonchev–Trinajstić information content (AvgIpc) is 3.08. The zero-order valence-corrected chi connectivity index (χ0v) is 14.3. The van der Waals surface area contributed by atoms with E-state index in [4.69, 9.17) is 4.52 Å². The molecule has 7 heteroatoms. The third-order valence-corrected chi connectivity index (χ3v) is 4.65. The third kappa shape index (κ3) is 2.95. The number of thiophene rings is 1. The van der Waals surface area contributed by atoms with Gasteiger partial charge in [-0.15, -0.1) is 11.3 Å². The van der Waals surface area contributed by atoms with Gasteiger partial charge in [0.25, 0.3) is 5.91 Å². The second-order valence-electron chi connectivity index (χ2n) is 4.68. The highest BCUT2D eigenvalue weighted by Crippen LogP contribution is 2.33. The smallest absolute Gasteiger partial charge is 0.266 e. The van der Waals surface area contributed by atoms with Crippen LogP contribution in [0.15, 0.2) is 39.5 Å². The van der Waals surface area contributed by atoms with Gasteiger partial charge in [0, 0.05) is 15.5 Å². The van der Waals surface area contributed by atoms with E-state index in [1.165, 1.54) is 11.3 Å². The molecule has 3 aromatic heterocycles. The zero-order valence-electron chi connectivity index (χ0n) is 11.9. The maximum atomic E-state index is 12.3. The SMILES string of the molecule is Cc1noc(C)c1-c1ccc(C(=O)Nc2ccc(Br)cn2)s1. The summed E-state index contributed by atoms with van der Waals surface area (Å²) in [6.07, 6.45) is 1.64. The highest BCUT2D eigenvalue weighted by atomic mass is 79.9. The minimum Gasteiger partial charge on any atom is -0.361 e. The number of anilines is 1. The molecule has 0 spiro atoms. The molecule has 112 valence electrons. The lowest BCUT2D eigenvalue weighted by Crippen LogP contribution is -2.10. The molecule has 0 bridgehead atoms. The molecule has 22 heavy (non-hydrogen) atoms. The number of hydrogen-bond donors (Lipinski definition) is 1. The van der Waals surface area contributed by atoms with Gasteiger partial charge < -0.3 is 9.84 Å². The highest BCUT2D eigenvalue weighted by molar-refractivity contribution is 9.10. The Kier molecular flexibility index (Phi) is 4.08. The molecule has 5 nitrogen and oxygen atoms in total. The van der Waals surface area contributed by atoms with Crippen LogP contribution in [0.4, 0.5) is 5.82 Å². The number of amides is 1. The standard InChI is InChI=1S/C15H12BrN3O2S/c1-8-14(9(2)21-19-8)11-4-5-12(22-11)15(20)18-13-6-3-10(16)7-17-13/h3-7H,1-2H3,(H,17,18,20). The van der Waals surface area contributed by atoms with Crippen LogP contribution in [-0.2, 0) is 0 Å². The molecule has 0 atom stereocenters. The molecule has 0 aliphatic heterocycles. The maximum absolute atomic E-state index is 12.3. The van der Waals surface area contributed by atoms with Gasteiger partial charge in [-0.1, -0.05) is 5.16 Å². The Morgan fingerprint density at radius 1 is 1.27 bits per heavy atom. The van der Waals surface area contributed by atoms with E-state index in [1.807, 2.05) is 26.0 Å². The Morgan fingerprint density at radius 3 is 2.73 bits per heavy atom. The molecule has 1 amide bonds. The second-order valence-corrected chi connectivity index (χ2v) is 6.68. The van der Waals surface area contributed by atoms with Crippen molar-refractivity contribution < 1.29 is 9.32 Å². The number of hydrogen-bond acceptors (Lipinski definition) is 5. The average molecular weight is 378 g/mol. The number of halogens is 1. The van der Waals surface area contributed by atoms with Crippen molar-refractivity contribution in [1.29, 1.82) is 0 Å². The molecule has 0 aromatic carbocycles. The Morgan fingerprint density at radius 2 is 2.09 bits per heavy atom. The number of aryl methyl sites for hydroxylation is 2. The predicted molar refractivity (Wildman–Crippen MR) is 89.2 cm³/mol. The first-order valence-electron chi connectivity index (χ1n) is 6.50. The zero-order chi connectivity index (χ0) is 15.7. The van der Waals surface area contributed by atoms with E-state index in [2.05, 4.69) is 31.4 Å². The second kappa shape index (κ2) is 6.02. The van der Waals surface area contributed by atoms with Crippen LogP contribution in [0, 0.1) is 13.8 Å². The Labute approximate surface area is 139 Å². The summed E-state index contributed by atoms with van der Waals surface area (Å²) in [5.41, 5.74) is 1.77. The lowest BCUT2D eigenvalue weighted by Gasteiger charge is -2.02. The molecule has 3 aromatic rings. The molecule has 0 radical (unpaired) electrons. The van der Waals surface area contributed by atoms with Crippen LogP contribution >= 0.6 is 27.3 Å². The summed E-state index contributed by atoms with van der Waals surface area (Å²) < 4.78 is 6.03. The Bertz CT molecular complexity index is 804. The van der Waals surface area contributed by atoms with Gasteiger partial charge in [0.2, 0.25) is 0 Å². The van der Waals surface area contributed by atoms with Crippen molar-refractivity contribution in [1.82, 2.24) is 10.1 Å². The molecule has 3 rings (SSSR count). The number of rotatable bonds is 3. The summed E-state index contributed by atoms with van der Waals surface area (Å²) in [5.74, 6) is 1.08. The lowest BCUT2D eigenvalue weighted by molar-refractivity contribution is 0.103. The summed E-state index contributed by atoms with van der Waals surface area (Å²) >= 11 is 4.71. The molecule has 0 fully saturated rings. The largest absolute Gasteiger partial charge is 0.361 e. The predicted octanol–water partition coefficient (Wildman–Crippen LogP) is 4.43. The van der Waals surface area contributed by atoms with Gasteiger partial charge in [-0.3, -0.25) is 4.79 Å². The summed E-state index contributed by atoms with van der Waals surface area (Å²) in [7, 11) is 0. The molecule has 0 aliphatic rings. The third-order valence-electron chi connectivity index (χ3n) is 3.08. The number of carbonyl (C=O) groups is 1. The topological polar surface area (TPSA) is 68.0 Å². The summed E-state index contributed by atoms with van der Waals surface area (Å²) in [5, 5.41) is 6.71. The van der Waals surface area contributed by atoms with E-state index in [-0.39, 0.29) is 5.91 Å². The molecule has 0 unspecified atom stereocenters. The van der Waals surface area contributed by atoms with Crippen LogP contribution in [0.5, 0.6) is 0 Å². The maximum Gasteiger partial charge on any atom is 0.266 e. The van der Waals surface area contributed by atoms with Gasteiger partial charge in [0.05, 0.1) is 16.1 Å². The quantitative estimate of drug-likeness (QED) is 0.732. The van der Waals surface area contributed by atoms with Crippen molar-refractivity contribution in [2.45, 2.75) is 13.8 Å². The summed E-state index contributed by atoms with van der Waals surface area (Å²) in [4.78, 5) is 18.0. The van der Waals surface area contributed by atoms with Crippen LogP contribution < -0.4 is 5.32 Å². The van der Waals surface area contributed by atoms with Crippen LogP contribution in [0.1, 0.15) is 21.1 Å². The number of carbonyl (C=O) groups excluding carboxylic acids is 1. The minimum atomic E-state index is -0.183. The molecule has 0 saturated heterocycles. The van der Waals surface area contributed by atoms with Crippen LogP contribution in [0.3, 0.4) is 0 Å². The van der Waals surface area contributed by atoms with Crippen molar-refractivity contribution >= 4 is 39.0 Å². The monoisotopic (exact) mass is 377 g/mol. The van der Waals surface area contributed by atoms with Gasteiger partial charge in [-0.25, -0.2) is 4.98 Å². The fourth-order valence-corrected chi connectivity index (χ4v) is 3.34. The lowest BCUT2D eigenvalue weighted by atomic mass is 10.2. The van der Waals surface area contributed by atoms with Crippen molar-refractivity contribution in [2.75, 3.05) is 5.32 Å². The molecule has 0 saturated carbocycles. The van der Waals surface area contributed by atoms with E-state index >= 15 is 0 Å². The van der Waals surface area contributed by atoms with Gasteiger partial charge in [-0.05, 0) is 54.0 Å². The van der Waals surface area contributed by atoms with Crippen LogP contribution in [0.2, 0.25) is 0 Å². The molecular formula is C15H12BrN3O2S. The van der Waals surface area contributed by atoms with Crippen LogP contribution in [0.25, 0.3) is 10.4 Å². The number of nitrogens with zero attached hydrogens (tertiary/aromatic N) is 2. The summed E-state index contributed by atoms with van der Waals surface area (Å²) in [6.45, 7) is 3.75. The van der Waals surface area contributed by atoms with Gasteiger partial charge in [-0.2, -0.15) is 0 Å². The van der Waals surface area contributed by atoms with E-state index in [1.54, 1.807) is 18.3 Å². The van der Waals surface area contributed by atoms with E-state index in [9.17, 15) is 4.79 Å². The van der Waals surface area contributed by atoms with Gasteiger partial charge in [0.1, 0.15) is 11.6 Å². The number of pyridine rings is 1. The first kappa shape index (κ1) is 14.9. The van der Waals surface area contributed by atoms with Gasteiger partial charge in [0.15, 0.2) is 0 Å². The van der Waals surface area contributed by atoms with Gasteiger partial charge >= 0.3 is 0 Å². The summed E-state index contributed by atoms with van der Waals surface area (Å²) in [6, 6.07) is 7.26. The first-order valence-corrected chi connectivity index (χ1v) is 8.11. The Balaban J connectivity index is 1.81. The molecule has 1 N–H and O–H groups in total. The number of nitrogens with one attached hydrogen (secondary N) is 1. The van der Waals surface area contributed by atoms with Crippen molar-refractivity contribution in [3.63, 3.8) is 0 Å². The van der Waals surface area contributed by atoms with Crippen molar-refractivity contribution in [3.8, 4) is 10.4 Å². The molecule has 0 aliphatic carbocycles. The Hall–Kier alpha value is -1.99. The fraction of sp³-hybridized carbons (Fsp3) is 0.133. The first-order chi connectivity index (χ1) is 10.5. The molecular weight excluding hydrogens is 366 g/mol. The van der Waals surface area contributed by atoms with E-state index < -0.39 is 0 Å². The van der Waals surface area contributed by atoms with Crippen LogP contribution in [-0.4, -0.2) is 16.0 Å². The molecule has 3 heterocycles. The normalized spacial score (nSPS) is 10.7. The number of aromatic nitrogens is 2. The minimum absolute atomic E-state index is 0.183. The van der Waals surface area contributed by atoms with Crippen molar-refractivity contribution in [3.05, 3.63) is 51.3 Å². The van der Waals surface area contributed by atoms with Crippen molar-refractivity contribution in [2.24, 2.45) is 0 Å².